The predicted molar refractivity (Wildman–Crippen MR) is 121 cm³/mol. The Labute approximate surface area is 179 Å². The minimum atomic E-state index is -0.0333. The minimum absolute atomic E-state index is 0.0333. The third-order valence-electron chi connectivity index (χ3n) is 4.72. The van der Waals surface area contributed by atoms with Crippen LogP contribution >= 0.6 is 23.1 Å². The van der Waals surface area contributed by atoms with Crippen molar-refractivity contribution in [1.29, 1.82) is 0 Å². The van der Waals surface area contributed by atoms with E-state index in [-0.39, 0.29) is 11.9 Å². The fourth-order valence-corrected chi connectivity index (χ4v) is 4.91. The van der Waals surface area contributed by atoms with Gasteiger partial charge in [0.05, 0.1) is 11.7 Å². The average Bonchev–Trinajstić information content (AvgIpc) is 3.40. The van der Waals surface area contributed by atoms with Crippen LogP contribution in [0.4, 0.5) is 0 Å². The second kappa shape index (κ2) is 8.84. The molecule has 29 heavy (non-hydrogen) atoms. The van der Waals surface area contributed by atoms with Crippen molar-refractivity contribution < 1.29 is 4.79 Å². The van der Waals surface area contributed by atoms with Crippen molar-refractivity contribution in [3.63, 3.8) is 0 Å². The summed E-state index contributed by atoms with van der Waals surface area (Å²) in [5.74, 6) is 1.09. The second-order valence-electron chi connectivity index (χ2n) is 7.22. The van der Waals surface area contributed by atoms with Crippen molar-refractivity contribution in [2.45, 2.75) is 30.5 Å². The number of benzene rings is 1. The number of amides is 1. The second-order valence-corrected chi connectivity index (χ2v) is 9.25. The Bertz CT molecular complexity index is 1050. The third kappa shape index (κ3) is 4.71. The van der Waals surface area contributed by atoms with Gasteiger partial charge in [-0.3, -0.25) is 4.79 Å². The number of thiophene rings is 1. The summed E-state index contributed by atoms with van der Waals surface area (Å²) < 4.78 is 2.03. The van der Waals surface area contributed by atoms with Crippen LogP contribution in [0.25, 0.3) is 5.65 Å². The Balaban J connectivity index is 1.38. The Morgan fingerprint density at radius 1 is 1.14 bits per heavy atom. The molecule has 1 aromatic carbocycles. The summed E-state index contributed by atoms with van der Waals surface area (Å²) in [4.78, 5) is 19.7. The lowest BCUT2D eigenvalue weighted by molar-refractivity contribution is 0.0926. The number of rotatable bonds is 7. The molecule has 4 aromatic rings. The Morgan fingerprint density at radius 2 is 1.97 bits per heavy atom. The number of carbonyl (C=O) groups is 1. The normalized spacial score (nSPS) is 12.4. The molecule has 0 bridgehead atoms. The van der Waals surface area contributed by atoms with Crippen LogP contribution in [-0.2, 0) is 5.75 Å². The molecular formula is C23H23N3OS2. The van der Waals surface area contributed by atoms with Gasteiger partial charge in [-0.1, -0.05) is 26.0 Å². The topological polar surface area (TPSA) is 46.4 Å². The summed E-state index contributed by atoms with van der Waals surface area (Å²) in [6, 6.07) is 17.9. The smallest absolute Gasteiger partial charge is 0.251 e. The zero-order valence-corrected chi connectivity index (χ0v) is 18.0. The van der Waals surface area contributed by atoms with Crippen LogP contribution in [0.3, 0.4) is 0 Å². The zero-order valence-electron chi connectivity index (χ0n) is 16.4. The summed E-state index contributed by atoms with van der Waals surface area (Å²) >= 11 is 3.40. The first kappa shape index (κ1) is 19.7. The van der Waals surface area contributed by atoms with E-state index in [2.05, 4.69) is 36.4 Å². The van der Waals surface area contributed by atoms with Gasteiger partial charge in [-0.15, -0.1) is 23.1 Å². The summed E-state index contributed by atoms with van der Waals surface area (Å²) in [5.41, 5.74) is 2.68. The molecule has 3 heterocycles. The van der Waals surface area contributed by atoms with Crippen LogP contribution in [0.1, 0.15) is 40.8 Å². The first-order chi connectivity index (χ1) is 14.1. The van der Waals surface area contributed by atoms with Gasteiger partial charge in [0.1, 0.15) is 5.65 Å². The Morgan fingerprint density at radius 3 is 2.66 bits per heavy atom. The maximum absolute atomic E-state index is 12.7. The van der Waals surface area contributed by atoms with Crippen molar-refractivity contribution >= 4 is 34.7 Å². The molecule has 4 rings (SSSR count). The monoisotopic (exact) mass is 421 g/mol. The predicted octanol–water partition coefficient (Wildman–Crippen LogP) is 5.82. The molecule has 0 radical (unpaired) electrons. The van der Waals surface area contributed by atoms with Crippen LogP contribution in [-0.4, -0.2) is 15.3 Å². The number of fused-ring (bicyclic) bond motifs is 1. The van der Waals surface area contributed by atoms with Crippen LogP contribution in [0.5, 0.6) is 0 Å². The van der Waals surface area contributed by atoms with E-state index < -0.39 is 0 Å². The van der Waals surface area contributed by atoms with E-state index in [9.17, 15) is 4.79 Å². The van der Waals surface area contributed by atoms with Gasteiger partial charge in [0.2, 0.25) is 0 Å². The number of hydrogen-bond donors (Lipinski definition) is 1. The van der Waals surface area contributed by atoms with E-state index in [0.717, 1.165) is 22.0 Å². The number of hydrogen-bond acceptors (Lipinski definition) is 4. The molecule has 0 fully saturated rings. The molecule has 1 N–H and O–H groups in total. The number of nitrogens with one attached hydrogen (secondary N) is 1. The SMILES string of the molecule is CC(C)C(NC(=O)c1ccc(SCc2cn3ccccc3n2)cc1)c1cccs1. The van der Waals surface area contributed by atoms with Gasteiger partial charge >= 0.3 is 0 Å². The van der Waals surface area contributed by atoms with Crippen molar-refractivity contribution in [1.82, 2.24) is 14.7 Å². The van der Waals surface area contributed by atoms with Crippen molar-refractivity contribution in [3.8, 4) is 0 Å². The molecule has 0 saturated heterocycles. The fourth-order valence-electron chi connectivity index (χ4n) is 3.18. The molecule has 6 heteroatoms. The molecule has 0 saturated carbocycles. The maximum atomic E-state index is 12.7. The summed E-state index contributed by atoms with van der Waals surface area (Å²) in [6.45, 7) is 4.26. The summed E-state index contributed by atoms with van der Waals surface area (Å²) in [7, 11) is 0. The van der Waals surface area contributed by atoms with Gasteiger partial charge in [-0.05, 0) is 53.8 Å². The third-order valence-corrected chi connectivity index (χ3v) is 6.72. The Kier molecular flexibility index (Phi) is 6.02. The number of nitrogens with zero attached hydrogens (tertiary/aromatic N) is 2. The number of imidazole rings is 1. The van der Waals surface area contributed by atoms with Gasteiger partial charge in [-0.2, -0.15) is 0 Å². The van der Waals surface area contributed by atoms with E-state index in [4.69, 9.17) is 0 Å². The lowest BCUT2D eigenvalue weighted by Crippen LogP contribution is -2.31. The first-order valence-electron chi connectivity index (χ1n) is 9.60. The molecule has 0 aliphatic carbocycles. The van der Waals surface area contributed by atoms with Gasteiger partial charge < -0.3 is 9.72 Å². The van der Waals surface area contributed by atoms with Crippen LogP contribution in [0.15, 0.2) is 77.3 Å². The van der Waals surface area contributed by atoms with Gasteiger partial charge in [-0.25, -0.2) is 4.98 Å². The molecule has 0 aliphatic rings. The van der Waals surface area contributed by atoms with Crippen molar-refractivity contribution in [2.75, 3.05) is 0 Å². The highest BCUT2D eigenvalue weighted by Gasteiger charge is 2.20. The fraction of sp³-hybridized carbons (Fsp3) is 0.217. The highest BCUT2D eigenvalue weighted by molar-refractivity contribution is 7.98. The molecule has 148 valence electrons. The van der Waals surface area contributed by atoms with Gasteiger partial charge in [0, 0.05) is 33.5 Å². The molecule has 0 aliphatic heterocycles. The van der Waals surface area contributed by atoms with Gasteiger partial charge in [0.25, 0.3) is 5.91 Å². The van der Waals surface area contributed by atoms with Crippen LogP contribution in [0.2, 0.25) is 0 Å². The quantitative estimate of drug-likeness (QED) is 0.383. The molecule has 3 aromatic heterocycles. The van der Waals surface area contributed by atoms with Crippen molar-refractivity contribution in [2.24, 2.45) is 5.92 Å². The highest BCUT2D eigenvalue weighted by Crippen LogP contribution is 2.27. The number of pyridine rings is 1. The van der Waals surface area contributed by atoms with E-state index >= 15 is 0 Å². The number of carbonyl (C=O) groups excluding carboxylic acids is 1. The Hall–Kier alpha value is -2.57. The largest absolute Gasteiger partial charge is 0.344 e. The number of aromatic nitrogens is 2. The molecule has 1 unspecified atom stereocenters. The highest BCUT2D eigenvalue weighted by atomic mass is 32.2. The van der Waals surface area contributed by atoms with Crippen molar-refractivity contribution in [3.05, 3.63) is 88.5 Å². The summed E-state index contributed by atoms with van der Waals surface area (Å²) in [6.07, 6.45) is 4.06. The molecule has 1 atom stereocenters. The lowest BCUT2D eigenvalue weighted by atomic mass is 10.0. The maximum Gasteiger partial charge on any atom is 0.251 e. The zero-order chi connectivity index (χ0) is 20.2. The molecular weight excluding hydrogens is 398 g/mol. The number of thioether (sulfide) groups is 1. The van der Waals surface area contributed by atoms with Crippen LogP contribution < -0.4 is 5.32 Å². The van der Waals surface area contributed by atoms with E-state index in [1.807, 2.05) is 64.5 Å². The summed E-state index contributed by atoms with van der Waals surface area (Å²) in [5, 5.41) is 5.23. The standard InChI is InChI=1S/C23H23N3OS2/c1-16(2)22(20-6-5-13-28-20)25-23(27)17-8-10-19(11-9-17)29-15-18-14-26-12-4-3-7-21(26)24-18/h3-14,16,22H,15H2,1-2H3,(H,25,27). The minimum Gasteiger partial charge on any atom is -0.344 e. The first-order valence-corrected chi connectivity index (χ1v) is 11.5. The molecule has 0 spiro atoms. The van der Waals surface area contributed by atoms with E-state index in [0.29, 0.717) is 11.5 Å². The van der Waals surface area contributed by atoms with Gasteiger partial charge in [0.15, 0.2) is 0 Å². The van der Waals surface area contributed by atoms with E-state index in [1.165, 1.54) is 4.88 Å². The molecule has 4 nitrogen and oxygen atoms in total. The average molecular weight is 422 g/mol. The molecule has 1 amide bonds. The van der Waals surface area contributed by atoms with E-state index in [1.54, 1.807) is 23.1 Å². The van der Waals surface area contributed by atoms with Crippen LogP contribution in [0, 0.1) is 5.92 Å². The lowest BCUT2D eigenvalue weighted by Gasteiger charge is -2.21.